The van der Waals surface area contributed by atoms with Crippen molar-refractivity contribution in [2.45, 2.75) is 18.5 Å². The van der Waals surface area contributed by atoms with Crippen molar-refractivity contribution in [1.82, 2.24) is 15.5 Å². The van der Waals surface area contributed by atoms with Gasteiger partial charge in [-0.1, -0.05) is 12.1 Å². The van der Waals surface area contributed by atoms with Gasteiger partial charge in [-0.15, -0.1) is 0 Å². The van der Waals surface area contributed by atoms with Crippen molar-refractivity contribution in [3.8, 4) is 0 Å². The predicted octanol–water partition coefficient (Wildman–Crippen LogP) is 1.03. The maximum atomic E-state index is 13.0. The van der Waals surface area contributed by atoms with E-state index in [0.717, 1.165) is 12.0 Å². The van der Waals surface area contributed by atoms with E-state index in [2.05, 4.69) is 10.6 Å². The molecule has 1 aromatic carbocycles. The SMILES string of the molecule is CN1C(=O)NC(=O)C2C(c3ccc(F)cc3)CCNC21. The van der Waals surface area contributed by atoms with Gasteiger partial charge in [0.25, 0.3) is 0 Å². The molecular weight excluding hydrogens is 261 g/mol. The highest BCUT2D eigenvalue weighted by molar-refractivity contribution is 5.98. The van der Waals surface area contributed by atoms with Gasteiger partial charge in [-0.3, -0.25) is 15.4 Å². The summed E-state index contributed by atoms with van der Waals surface area (Å²) in [7, 11) is 1.67. The summed E-state index contributed by atoms with van der Waals surface area (Å²) in [5.41, 5.74) is 0.931. The van der Waals surface area contributed by atoms with E-state index in [9.17, 15) is 14.0 Å². The number of imide groups is 1. The molecule has 0 bridgehead atoms. The maximum absolute atomic E-state index is 13.0. The molecule has 5 nitrogen and oxygen atoms in total. The molecule has 20 heavy (non-hydrogen) atoms. The number of piperidine rings is 1. The van der Waals surface area contributed by atoms with Gasteiger partial charge in [0.05, 0.1) is 12.1 Å². The molecule has 0 radical (unpaired) electrons. The van der Waals surface area contributed by atoms with Crippen LogP contribution in [-0.2, 0) is 4.79 Å². The van der Waals surface area contributed by atoms with Crippen LogP contribution in [0.3, 0.4) is 0 Å². The first-order valence-corrected chi connectivity index (χ1v) is 6.64. The van der Waals surface area contributed by atoms with Crippen molar-refractivity contribution >= 4 is 11.9 Å². The Hall–Kier alpha value is -1.95. The first kappa shape index (κ1) is 13.1. The van der Waals surface area contributed by atoms with Crippen LogP contribution in [0.5, 0.6) is 0 Å². The Morgan fingerprint density at radius 1 is 1.25 bits per heavy atom. The second-order valence-corrected chi connectivity index (χ2v) is 5.28. The number of carbonyl (C=O) groups is 2. The Labute approximate surface area is 116 Å². The Morgan fingerprint density at radius 3 is 2.65 bits per heavy atom. The molecule has 3 rings (SSSR count). The Kier molecular flexibility index (Phi) is 3.17. The van der Waals surface area contributed by atoms with E-state index in [-0.39, 0.29) is 35.8 Å². The predicted molar refractivity (Wildman–Crippen MR) is 70.3 cm³/mol. The number of nitrogens with one attached hydrogen (secondary N) is 2. The molecule has 2 heterocycles. The molecule has 3 atom stereocenters. The fraction of sp³-hybridized carbons (Fsp3) is 0.429. The lowest BCUT2D eigenvalue weighted by molar-refractivity contribution is -0.130. The summed E-state index contributed by atoms with van der Waals surface area (Å²) in [6.45, 7) is 0.716. The van der Waals surface area contributed by atoms with E-state index in [1.54, 1.807) is 19.2 Å². The first-order valence-electron chi connectivity index (χ1n) is 6.64. The van der Waals surface area contributed by atoms with Crippen LogP contribution in [0, 0.1) is 11.7 Å². The Balaban J connectivity index is 1.93. The van der Waals surface area contributed by atoms with E-state index in [1.165, 1.54) is 17.0 Å². The molecule has 2 fully saturated rings. The fourth-order valence-corrected chi connectivity index (χ4v) is 3.10. The topological polar surface area (TPSA) is 61.4 Å². The van der Waals surface area contributed by atoms with Crippen LogP contribution in [0.1, 0.15) is 17.9 Å². The summed E-state index contributed by atoms with van der Waals surface area (Å²) in [5.74, 6) is -0.923. The van der Waals surface area contributed by atoms with Gasteiger partial charge in [0.1, 0.15) is 5.82 Å². The zero-order valence-electron chi connectivity index (χ0n) is 11.1. The monoisotopic (exact) mass is 277 g/mol. The lowest BCUT2D eigenvalue weighted by atomic mass is 9.77. The van der Waals surface area contributed by atoms with Crippen molar-refractivity contribution in [2.75, 3.05) is 13.6 Å². The molecule has 106 valence electrons. The largest absolute Gasteiger partial charge is 0.325 e. The molecule has 2 aliphatic heterocycles. The number of fused-ring (bicyclic) bond motifs is 1. The summed E-state index contributed by atoms with van der Waals surface area (Å²) in [4.78, 5) is 25.3. The van der Waals surface area contributed by atoms with Crippen molar-refractivity contribution in [1.29, 1.82) is 0 Å². The van der Waals surface area contributed by atoms with Gasteiger partial charge in [0.15, 0.2) is 0 Å². The lowest BCUT2D eigenvalue weighted by Crippen LogP contribution is -2.66. The van der Waals surface area contributed by atoms with Crippen molar-refractivity contribution in [3.05, 3.63) is 35.6 Å². The summed E-state index contributed by atoms with van der Waals surface area (Å²) in [6.07, 6.45) is 0.475. The second-order valence-electron chi connectivity index (χ2n) is 5.28. The summed E-state index contributed by atoms with van der Waals surface area (Å²) >= 11 is 0. The Bertz CT molecular complexity index is 546. The molecule has 0 saturated carbocycles. The number of nitrogens with zero attached hydrogens (tertiary/aromatic N) is 1. The average molecular weight is 277 g/mol. The van der Waals surface area contributed by atoms with Gasteiger partial charge in [-0.05, 0) is 30.7 Å². The van der Waals surface area contributed by atoms with Crippen molar-refractivity contribution in [3.63, 3.8) is 0 Å². The van der Waals surface area contributed by atoms with E-state index in [1.807, 2.05) is 0 Å². The summed E-state index contributed by atoms with van der Waals surface area (Å²) in [5, 5.41) is 5.59. The number of urea groups is 1. The molecule has 2 aliphatic rings. The minimum Gasteiger partial charge on any atom is -0.311 e. The molecule has 0 aliphatic carbocycles. The number of amides is 3. The fourth-order valence-electron chi connectivity index (χ4n) is 3.10. The average Bonchev–Trinajstić information content (AvgIpc) is 2.45. The van der Waals surface area contributed by atoms with Gasteiger partial charge >= 0.3 is 6.03 Å². The third kappa shape index (κ3) is 2.06. The lowest BCUT2D eigenvalue weighted by Gasteiger charge is -2.45. The molecule has 2 N–H and O–H groups in total. The van der Waals surface area contributed by atoms with E-state index in [4.69, 9.17) is 0 Å². The van der Waals surface area contributed by atoms with E-state index < -0.39 is 0 Å². The zero-order chi connectivity index (χ0) is 14.3. The third-order valence-corrected chi connectivity index (χ3v) is 4.15. The minimum absolute atomic E-state index is 0.0163. The minimum atomic E-state index is -0.386. The highest BCUT2D eigenvalue weighted by atomic mass is 19.1. The van der Waals surface area contributed by atoms with Gasteiger partial charge in [-0.25, -0.2) is 9.18 Å². The van der Waals surface area contributed by atoms with Crippen LogP contribution in [0.2, 0.25) is 0 Å². The molecule has 6 heteroatoms. The molecule has 0 aromatic heterocycles. The molecule has 1 aromatic rings. The van der Waals surface area contributed by atoms with Gasteiger partial charge in [0, 0.05) is 13.0 Å². The molecule has 3 amide bonds. The number of rotatable bonds is 1. The number of halogens is 1. The molecule has 3 unspecified atom stereocenters. The smallest absolute Gasteiger partial charge is 0.311 e. The van der Waals surface area contributed by atoms with E-state index in [0.29, 0.717) is 6.54 Å². The Morgan fingerprint density at radius 2 is 1.95 bits per heavy atom. The van der Waals surface area contributed by atoms with Crippen LogP contribution < -0.4 is 10.6 Å². The second kappa shape index (κ2) is 4.86. The van der Waals surface area contributed by atoms with E-state index >= 15 is 0 Å². The van der Waals surface area contributed by atoms with Gasteiger partial charge in [-0.2, -0.15) is 0 Å². The number of hydrogen-bond acceptors (Lipinski definition) is 3. The molecule has 2 saturated heterocycles. The van der Waals surface area contributed by atoms with Gasteiger partial charge in [0.2, 0.25) is 5.91 Å². The molecular formula is C14H16FN3O2. The highest BCUT2D eigenvalue weighted by Crippen LogP contribution is 2.36. The number of hydrogen-bond donors (Lipinski definition) is 2. The quantitative estimate of drug-likeness (QED) is 0.806. The van der Waals surface area contributed by atoms with Crippen LogP contribution in [0.25, 0.3) is 0 Å². The third-order valence-electron chi connectivity index (χ3n) is 4.15. The summed E-state index contributed by atoms with van der Waals surface area (Å²) in [6, 6.07) is 5.85. The van der Waals surface area contributed by atoms with Gasteiger partial charge < -0.3 is 4.90 Å². The standard InChI is InChI=1S/C14H16FN3O2/c1-18-12-11(13(19)17-14(18)20)10(6-7-16-12)8-2-4-9(15)5-3-8/h2-5,10-12,16H,6-7H2,1H3,(H,17,19,20). The zero-order valence-corrected chi connectivity index (χ0v) is 11.1. The maximum Gasteiger partial charge on any atom is 0.325 e. The first-order chi connectivity index (χ1) is 9.58. The van der Waals surface area contributed by atoms with Crippen LogP contribution in [0.15, 0.2) is 24.3 Å². The number of carbonyl (C=O) groups excluding carboxylic acids is 2. The number of benzene rings is 1. The highest BCUT2D eigenvalue weighted by Gasteiger charge is 2.46. The van der Waals surface area contributed by atoms with Crippen LogP contribution >= 0.6 is 0 Å². The van der Waals surface area contributed by atoms with Crippen molar-refractivity contribution in [2.24, 2.45) is 5.92 Å². The van der Waals surface area contributed by atoms with Crippen molar-refractivity contribution < 1.29 is 14.0 Å². The summed E-state index contributed by atoms with van der Waals surface area (Å²) < 4.78 is 13.0. The van der Waals surface area contributed by atoms with Crippen LogP contribution in [0.4, 0.5) is 9.18 Å². The van der Waals surface area contributed by atoms with Crippen LogP contribution in [-0.4, -0.2) is 36.6 Å². The molecule has 0 spiro atoms. The normalized spacial score (nSPS) is 29.9.